The van der Waals surface area contributed by atoms with Crippen LogP contribution in [0.4, 0.5) is 11.5 Å². The van der Waals surface area contributed by atoms with Gasteiger partial charge < -0.3 is 16.0 Å². The minimum atomic E-state index is -0.155. The molecule has 0 saturated carbocycles. The van der Waals surface area contributed by atoms with Crippen molar-refractivity contribution in [1.82, 2.24) is 9.97 Å². The van der Waals surface area contributed by atoms with Crippen molar-refractivity contribution >= 4 is 22.3 Å². The first-order chi connectivity index (χ1) is 10.3. The van der Waals surface area contributed by atoms with Crippen LogP contribution in [0.3, 0.4) is 0 Å². The first kappa shape index (κ1) is 13.3. The molecule has 2 heterocycles. The Balaban J connectivity index is 2.16. The van der Waals surface area contributed by atoms with Gasteiger partial charge >= 0.3 is 0 Å². The molecule has 3 aromatic rings. The van der Waals surface area contributed by atoms with Gasteiger partial charge in [0, 0.05) is 24.0 Å². The third kappa shape index (κ3) is 2.78. The largest absolute Gasteiger partial charge is 0.340 e. The predicted octanol–water partition coefficient (Wildman–Crippen LogP) is 2.17. The minimum Gasteiger partial charge on any atom is -0.340 e. The summed E-state index contributed by atoms with van der Waals surface area (Å²) in [5, 5.41) is 4.63. The Morgan fingerprint density at radius 3 is 2.76 bits per heavy atom. The van der Waals surface area contributed by atoms with E-state index in [1.54, 1.807) is 6.20 Å². The minimum absolute atomic E-state index is 0.155. The first-order valence-corrected chi connectivity index (χ1v) is 6.81. The number of para-hydroxylation sites is 1. The van der Waals surface area contributed by atoms with Crippen LogP contribution in [0.2, 0.25) is 0 Å². The van der Waals surface area contributed by atoms with Gasteiger partial charge in [-0.05, 0) is 36.2 Å². The molecule has 0 fully saturated rings. The van der Waals surface area contributed by atoms with Gasteiger partial charge in [0.05, 0.1) is 5.39 Å². The number of anilines is 2. The number of rotatable bonds is 4. The second-order valence-corrected chi connectivity index (χ2v) is 4.76. The third-order valence-corrected chi connectivity index (χ3v) is 3.24. The Hall–Kier alpha value is -2.66. The molecule has 0 aliphatic heterocycles. The lowest BCUT2D eigenvalue weighted by atomic mass is 10.1. The molecule has 0 unspecified atom stereocenters. The van der Waals surface area contributed by atoms with E-state index in [1.165, 1.54) is 0 Å². The number of aromatic amines is 1. The molecule has 4 N–H and O–H groups in total. The maximum Gasteiger partial charge on any atom is 0.259 e. The smallest absolute Gasteiger partial charge is 0.259 e. The fourth-order valence-corrected chi connectivity index (χ4v) is 2.29. The maximum absolute atomic E-state index is 12.1. The van der Waals surface area contributed by atoms with Crippen molar-refractivity contribution in [3.8, 4) is 0 Å². The van der Waals surface area contributed by atoms with Gasteiger partial charge in [-0.25, -0.2) is 4.98 Å². The summed E-state index contributed by atoms with van der Waals surface area (Å²) in [4.78, 5) is 19.3. The van der Waals surface area contributed by atoms with E-state index in [9.17, 15) is 4.79 Å². The molecule has 0 spiro atoms. The van der Waals surface area contributed by atoms with Crippen molar-refractivity contribution in [2.75, 3.05) is 11.9 Å². The number of pyridine rings is 2. The second kappa shape index (κ2) is 5.76. The molecule has 0 radical (unpaired) electrons. The van der Waals surface area contributed by atoms with E-state index < -0.39 is 0 Å². The number of nitrogens with one attached hydrogen (secondary N) is 2. The fourth-order valence-electron chi connectivity index (χ4n) is 2.29. The third-order valence-electron chi connectivity index (χ3n) is 3.24. The highest BCUT2D eigenvalue weighted by Gasteiger charge is 2.09. The van der Waals surface area contributed by atoms with E-state index in [4.69, 9.17) is 5.73 Å². The number of nitrogens with zero attached hydrogens (tertiary/aromatic N) is 1. The summed E-state index contributed by atoms with van der Waals surface area (Å²) in [6.45, 7) is 0.520. The SMILES string of the molecule is NCCc1cc2cc[nH]c(=O)c2c(Nc2ccccc2)n1. The lowest BCUT2D eigenvalue weighted by molar-refractivity contribution is 0.928. The molecule has 1 aromatic carbocycles. The molecule has 0 aliphatic carbocycles. The standard InChI is InChI=1S/C16H16N4O/c17-8-6-13-10-11-7-9-18-16(21)14(11)15(20-13)19-12-4-2-1-3-5-12/h1-5,7,9-10H,6,8,17H2,(H,18,21)(H,19,20). The van der Waals surface area contributed by atoms with Gasteiger partial charge in [0.25, 0.3) is 5.56 Å². The number of hydrogen-bond donors (Lipinski definition) is 3. The summed E-state index contributed by atoms with van der Waals surface area (Å²) in [7, 11) is 0. The Labute approximate surface area is 121 Å². The average Bonchev–Trinajstić information content (AvgIpc) is 2.48. The van der Waals surface area contributed by atoms with E-state index in [0.29, 0.717) is 24.2 Å². The Morgan fingerprint density at radius 1 is 1.19 bits per heavy atom. The van der Waals surface area contributed by atoms with Crippen LogP contribution in [0, 0.1) is 0 Å². The van der Waals surface area contributed by atoms with E-state index in [1.807, 2.05) is 42.5 Å². The maximum atomic E-state index is 12.1. The quantitative estimate of drug-likeness (QED) is 0.684. The number of fused-ring (bicyclic) bond motifs is 1. The highest BCUT2D eigenvalue weighted by molar-refractivity contribution is 5.92. The van der Waals surface area contributed by atoms with E-state index in [-0.39, 0.29) is 5.56 Å². The molecular weight excluding hydrogens is 264 g/mol. The van der Waals surface area contributed by atoms with Crippen LogP contribution in [0.5, 0.6) is 0 Å². The zero-order chi connectivity index (χ0) is 14.7. The lowest BCUT2D eigenvalue weighted by Crippen LogP contribution is -2.11. The van der Waals surface area contributed by atoms with Gasteiger partial charge in [0.15, 0.2) is 0 Å². The van der Waals surface area contributed by atoms with Crippen LogP contribution in [-0.2, 0) is 6.42 Å². The van der Waals surface area contributed by atoms with Crippen LogP contribution in [0.25, 0.3) is 10.8 Å². The molecular formula is C16H16N4O. The fraction of sp³-hybridized carbons (Fsp3) is 0.125. The first-order valence-electron chi connectivity index (χ1n) is 6.81. The average molecular weight is 280 g/mol. The van der Waals surface area contributed by atoms with Crippen molar-refractivity contribution in [3.63, 3.8) is 0 Å². The molecule has 5 nitrogen and oxygen atoms in total. The summed E-state index contributed by atoms with van der Waals surface area (Å²) in [5.74, 6) is 0.559. The molecule has 21 heavy (non-hydrogen) atoms. The Kier molecular flexibility index (Phi) is 3.66. The lowest BCUT2D eigenvalue weighted by Gasteiger charge is -2.10. The highest BCUT2D eigenvalue weighted by Crippen LogP contribution is 2.22. The topological polar surface area (TPSA) is 83.8 Å². The molecule has 0 atom stereocenters. The zero-order valence-electron chi connectivity index (χ0n) is 11.5. The van der Waals surface area contributed by atoms with Crippen molar-refractivity contribution < 1.29 is 0 Å². The van der Waals surface area contributed by atoms with Crippen LogP contribution in [0.1, 0.15) is 5.69 Å². The summed E-state index contributed by atoms with van der Waals surface area (Å²) >= 11 is 0. The van der Waals surface area contributed by atoms with E-state index in [2.05, 4.69) is 15.3 Å². The van der Waals surface area contributed by atoms with E-state index in [0.717, 1.165) is 16.8 Å². The van der Waals surface area contributed by atoms with Gasteiger partial charge in [-0.2, -0.15) is 0 Å². The van der Waals surface area contributed by atoms with Crippen molar-refractivity contribution in [2.45, 2.75) is 6.42 Å². The van der Waals surface area contributed by atoms with Crippen molar-refractivity contribution in [1.29, 1.82) is 0 Å². The van der Waals surface area contributed by atoms with Gasteiger partial charge in [-0.1, -0.05) is 18.2 Å². The number of benzene rings is 1. The van der Waals surface area contributed by atoms with Gasteiger partial charge in [-0.3, -0.25) is 4.79 Å². The predicted molar refractivity (Wildman–Crippen MR) is 84.8 cm³/mol. The normalized spacial score (nSPS) is 10.7. The number of aromatic nitrogens is 2. The summed E-state index contributed by atoms with van der Waals surface area (Å²) in [6.07, 6.45) is 2.31. The van der Waals surface area contributed by atoms with E-state index >= 15 is 0 Å². The number of H-pyrrole nitrogens is 1. The van der Waals surface area contributed by atoms with Crippen LogP contribution >= 0.6 is 0 Å². The van der Waals surface area contributed by atoms with Crippen molar-refractivity contribution in [3.05, 3.63) is 64.7 Å². The highest BCUT2D eigenvalue weighted by atomic mass is 16.1. The molecule has 106 valence electrons. The summed E-state index contributed by atoms with van der Waals surface area (Å²) in [5.41, 5.74) is 7.21. The van der Waals surface area contributed by atoms with Gasteiger partial charge in [-0.15, -0.1) is 0 Å². The molecule has 3 rings (SSSR count). The number of hydrogen-bond acceptors (Lipinski definition) is 4. The molecule has 5 heteroatoms. The molecule has 0 bridgehead atoms. The van der Waals surface area contributed by atoms with Crippen molar-refractivity contribution in [2.24, 2.45) is 5.73 Å². The second-order valence-electron chi connectivity index (χ2n) is 4.76. The van der Waals surface area contributed by atoms with Crippen LogP contribution in [-0.4, -0.2) is 16.5 Å². The molecule has 0 amide bonds. The summed E-state index contributed by atoms with van der Waals surface area (Å²) in [6, 6.07) is 13.4. The number of nitrogens with two attached hydrogens (primary N) is 1. The van der Waals surface area contributed by atoms with Crippen LogP contribution in [0.15, 0.2) is 53.5 Å². The van der Waals surface area contributed by atoms with Gasteiger partial charge in [0.2, 0.25) is 0 Å². The molecule has 0 saturated heterocycles. The zero-order valence-corrected chi connectivity index (χ0v) is 11.5. The Bertz CT molecular complexity index is 811. The Morgan fingerprint density at radius 2 is 2.00 bits per heavy atom. The molecule has 2 aromatic heterocycles. The van der Waals surface area contributed by atoms with Gasteiger partial charge in [0.1, 0.15) is 5.82 Å². The summed E-state index contributed by atoms with van der Waals surface area (Å²) < 4.78 is 0. The monoisotopic (exact) mass is 280 g/mol. The van der Waals surface area contributed by atoms with Crippen LogP contribution < -0.4 is 16.6 Å². The molecule has 0 aliphatic rings.